The molecule has 0 saturated carbocycles. The first kappa shape index (κ1) is 19.1. The van der Waals surface area contributed by atoms with E-state index in [9.17, 15) is 4.79 Å². The van der Waals surface area contributed by atoms with Crippen molar-refractivity contribution in [3.63, 3.8) is 0 Å². The van der Waals surface area contributed by atoms with E-state index in [1.807, 2.05) is 36.4 Å². The van der Waals surface area contributed by atoms with E-state index < -0.39 is 0 Å². The number of hydrogen-bond acceptors (Lipinski definition) is 3. The SMILES string of the molecule is CCCCCCOc1ccc(NC(=O)CNc2ccc(Cl)cc2)cc1. The summed E-state index contributed by atoms with van der Waals surface area (Å²) in [6.45, 7) is 3.12. The lowest BCUT2D eigenvalue weighted by Crippen LogP contribution is -2.21. The van der Waals surface area contributed by atoms with Gasteiger partial charge in [0, 0.05) is 16.4 Å². The molecule has 0 spiro atoms. The lowest BCUT2D eigenvalue weighted by Gasteiger charge is -2.09. The number of ether oxygens (including phenoxy) is 1. The van der Waals surface area contributed by atoms with Crippen LogP contribution in [-0.4, -0.2) is 19.1 Å². The van der Waals surface area contributed by atoms with Crippen molar-refractivity contribution < 1.29 is 9.53 Å². The van der Waals surface area contributed by atoms with Crippen molar-refractivity contribution in [2.75, 3.05) is 23.8 Å². The minimum absolute atomic E-state index is 0.108. The van der Waals surface area contributed by atoms with Gasteiger partial charge < -0.3 is 15.4 Å². The molecule has 0 unspecified atom stereocenters. The number of nitrogens with one attached hydrogen (secondary N) is 2. The molecule has 2 aromatic rings. The third-order valence-corrected chi connectivity index (χ3v) is 3.95. The average molecular weight is 361 g/mol. The summed E-state index contributed by atoms with van der Waals surface area (Å²) in [5.74, 6) is 0.719. The monoisotopic (exact) mass is 360 g/mol. The number of benzene rings is 2. The van der Waals surface area contributed by atoms with Gasteiger partial charge in [-0.25, -0.2) is 0 Å². The van der Waals surface area contributed by atoms with Gasteiger partial charge in [-0.15, -0.1) is 0 Å². The number of carbonyl (C=O) groups is 1. The molecule has 0 aliphatic heterocycles. The summed E-state index contributed by atoms with van der Waals surface area (Å²) >= 11 is 5.83. The van der Waals surface area contributed by atoms with Crippen molar-refractivity contribution in [1.29, 1.82) is 0 Å². The zero-order valence-corrected chi connectivity index (χ0v) is 15.3. The fourth-order valence-electron chi connectivity index (χ4n) is 2.31. The molecule has 5 heteroatoms. The topological polar surface area (TPSA) is 50.4 Å². The number of amides is 1. The normalized spacial score (nSPS) is 10.3. The summed E-state index contributed by atoms with van der Waals surface area (Å²) in [6, 6.07) is 14.7. The van der Waals surface area contributed by atoms with Crippen LogP contribution in [0.4, 0.5) is 11.4 Å². The molecule has 0 fully saturated rings. The zero-order valence-electron chi connectivity index (χ0n) is 14.6. The Kier molecular flexibility index (Phi) is 8.13. The quantitative estimate of drug-likeness (QED) is 0.561. The Morgan fingerprint density at radius 3 is 2.32 bits per heavy atom. The number of anilines is 2. The number of unbranched alkanes of at least 4 members (excludes halogenated alkanes) is 3. The van der Waals surface area contributed by atoms with Gasteiger partial charge in [-0.2, -0.15) is 0 Å². The molecule has 0 saturated heterocycles. The van der Waals surface area contributed by atoms with E-state index >= 15 is 0 Å². The lowest BCUT2D eigenvalue weighted by atomic mass is 10.2. The largest absolute Gasteiger partial charge is 0.494 e. The highest BCUT2D eigenvalue weighted by molar-refractivity contribution is 6.30. The van der Waals surface area contributed by atoms with Gasteiger partial charge in [0.2, 0.25) is 5.91 Å². The minimum Gasteiger partial charge on any atom is -0.494 e. The van der Waals surface area contributed by atoms with Gasteiger partial charge in [-0.3, -0.25) is 4.79 Å². The summed E-state index contributed by atoms with van der Waals surface area (Å²) in [4.78, 5) is 12.0. The molecule has 0 aliphatic rings. The molecule has 134 valence electrons. The van der Waals surface area contributed by atoms with Crippen LogP contribution < -0.4 is 15.4 Å². The summed E-state index contributed by atoms with van der Waals surface area (Å²) in [5.41, 5.74) is 1.60. The van der Waals surface area contributed by atoms with E-state index in [1.165, 1.54) is 19.3 Å². The van der Waals surface area contributed by atoms with Crippen LogP contribution in [-0.2, 0) is 4.79 Å². The first-order chi connectivity index (χ1) is 12.2. The second-order valence-corrected chi connectivity index (χ2v) is 6.28. The molecule has 4 nitrogen and oxygen atoms in total. The fourth-order valence-corrected chi connectivity index (χ4v) is 2.43. The van der Waals surface area contributed by atoms with E-state index in [1.54, 1.807) is 12.1 Å². The van der Waals surface area contributed by atoms with Crippen LogP contribution in [0.2, 0.25) is 5.02 Å². The average Bonchev–Trinajstić information content (AvgIpc) is 2.62. The van der Waals surface area contributed by atoms with Crippen molar-refractivity contribution in [3.05, 3.63) is 53.6 Å². The molecular weight excluding hydrogens is 336 g/mol. The standard InChI is InChI=1S/C20H25ClN2O2/c1-2-3-4-5-14-25-19-12-10-18(11-13-19)23-20(24)15-22-17-8-6-16(21)7-9-17/h6-13,22H,2-5,14-15H2,1H3,(H,23,24). The van der Waals surface area contributed by atoms with Crippen LogP contribution in [0.5, 0.6) is 5.75 Å². The molecule has 0 aromatic heterocycles. The van der Waals surface area contributed by atoms with Crippen molar-refractivity contribution in [1.82, 2.24) is 0 Å². The maximum absolute atomic E-state index is 12.0. The maximum Gasteiger partial charge on any atom is 0.243 e. The summed E-state index contributed by atoms with van der Waals surface area (Å²) in [5, 5.41) is 6.57. The first-order valence-electron chi connectivity index (χ1n) is 8.69. The lowest BCUT2D eigenvalue weighted by molar-refractivity contribution is -0.114. The molecular formula is C20H25ClN2O2. The molecule has 0 aliphatic carbocycles. The van der Waals surface area contributed by atoms with Crippen LogP contribution in [0.25, 0.3) is 0 Å². The summed E-state index contributed by atoms with van der Waals surface area (Å²) in [7, 11) is 0. The van der Waals surface area contributed by atoms with Crippen molar-refractivity contribution in [2.45, 2.75) is 32.6 Å². The third kappa shape index (κ3) is 7.48. The molecule has 25 heavy (non-hydrogen) atoms. The fraction of sp³-hybridized carbons (Fsp3) is 0.350. The maximum atomic E-state index is 12.0. The Balaban J connectivity index is 1.70. The highest BCUT2D eigenvalue weighted by atomic mass is 35.5. The Morgan fingerprint density at radius 2 is 1.64 bits per heavy atom. The van der Waals surface area contributed by atoms with Crippen molar-refractivity contribution in [3.8, 4) is 5.75 Å². The van der Waals surface area contributed by atoms with Gasteiger partial charge in [-0.1, -0.05) is 37.8 Å². The van der Waals surface area contributed by atoms with Crippen LogP contribution in [0.3, 0.4) is 0 Å². The van der Waals surface area contributed by atoms with Gasteiger partial charge in [-0.05, 0) is 55.0 Å². The van der Waals surface area contributed by atoms with E-state index in [4.69, 9.17) is 16.3 Å². The number of hydrogen-bond donors (Lipinski definition) is 2. The Bertz CT molecular complexity index is 642. The van der Waals surface area contributed by atoms with Crippen LogP contribution >= 0.6 is 11.6 Å². The van der Waals surface area contributed by atoms with E-state index in [0.717, 1.165) is 30.2 Å². The van der Waals surface area contributed by atoms with Crippen molar-refractivity contribution >= 4 is 28.9 Å². The van der Waals surface area contributed by atoms with E-state index in [-0.39, 0.29) is 12.5 Å². The smallest absolute Gasteiger partial charge is 0.243 e. The second-order valence-electron chi connectivity index (χ2n) is 5.84. The highest BCUT2D eigenvalue weighted by Gasteiger charge is 2.03. The van der Waals surface area contributed by atoms with Crippen LogP contribution in [0, 0.1) is 0 Å². The zero-order chi connectivity index (χ0) is 17.9. The number of rotatable bonds is 10. The van der Waals surface area contributed by atoms with Gasteiger partial charge in [0.25, 0.3) is 0 Å². The van der Waals surface area contributed by atoms with E-state index in [2.05, 4.69) is 17.6 Å². The van der Waals surface area contributed by atoms with Gasteiger partial charge in [0.1, 0.15) is 5.75 Å². The second kappa shape index (κ2) is 10.6. The molecule has 2 aromatic carbocycles. The summed E-state index contributed by atoms with van der Waals surface area (Å²) < 4.78 is 5.69. The van der Waals surface area contributed by atoms with Crippen LogP contribution in [0.1, 0.15) is 32.6 Å². The molecule has 0 radical (unpaired) electrons. The summed E-state index contributed by atoms with van der Waals surface area (Å²) in [6.07, 6.45) is 4.74. The molecule has 2 N–H and O–H groups in total. The van der Waals surface area contributed by atoms with Gasteiger partial charge in [0.15, 0.2) is 0 Å². The van der Waals surface area contributed by atoms with Crippen molar-refractivity contribution in [2.24, 2.45) is 0 Å². The third-order valence-electron chi connectivity index (χ3n) is 3.70. The molecule has 2 rings (SSSR count). The number of carbonyl (C=O) groups excluding carboxylic acids is 1. The van der Waals surface area contributed by atoms with Gasteiger partial charge >= 0.3 is 0 Å². The van der Waals surface area contributed by atoms with Gasteiger partial charge in [0.05, 0.1) is 13.2 Å². The predicted octanol–water partition coefficient (Wildman–Crippen LogP) is 5.35. The first-order valence-corrected chi connectivity index (χ1v) is 9.07. The minimum atomic E-state index is -0.108. The predicted molar refractivity (Wildman–Crippen MR) is 105 cm³/mol. The number of halogens is 1. The van der Waals surface area contributed by atoms with E-state index in [0.29, 0.717) is 5.02 Å². The van der Waals surface area contributed by atoms with Crippen LogP contribution in [0.15, 0.2) is 48.5 Å². The molecule has 1 amide bonds. The molecule has 0 atom stereocenters. The highest BCUT2D eigenvalue weighted by Crippen LogP contribution is 2.17. The Morgan fingerprint density at radius 1 is 0.960 bits per heavy atom. The Labute approximate surface area is 154 Å². The Hall–Kier alpha value is -2.20. The molecule has 0 bridgehead atoms. The molecule has 0 heterocycles.